The molecular formula is C10H11F2N. The number of benzene rings is 1. The monoisotopic (exact) mass is 183 g/mol. The zero-order valence-electron chi connectivity index (χ0n) is 7.30. The predicted molar refractivity (Wildman–Crippen MR) is 48.3 cm³/mol. The van der Waals surface area contributed by atoms with E-state index in [4.69, 9.17) is 0 Å². The molecule has 0 radical (unpaired) electrons. The SMILES string of the molecule is CC1Nc2ccccc2C(F)C1F. The van der Waals surface area contributed by atoms with Gasteiger partial charge in [0.25, 0.3) is 0 Å². The molecule has 1 nitrogen and oxygen atoms in total. The molecule has 0 fully saturated rings. The second kappa shape index (κ2) is 2.98. The Labute approximate surface area is 75.8 Å². The molecule has 0 aliphatic carbocycles. The minimum atomic E-state index is -1.49. The third kappa shape index (κ3) is 1.28. The summed E-state index contributed by atoms with van der Waals surface area (Å²) in [5.41, 5.74) is 1.13. The minimum absolute atomic E-state index is 0.424. The maximum atomic E-state index is 13.4. The Balaban J connectivity index is 2.43. The lowest BCUT2D eigenvalue weighted by Gasteiger charge is -2.30. The molecule has 13 heavy (non-hydrogen) atoms. The molecule has 0 amide bonds. The van der Waals surface area contributed by atoms with Gasteiger partial charge in [0.05, 0.1) is 6.04 Å². The van der Waals surface area contributed by atoms with Crippen molar-refractivity contribution in [1.82, 2.24) is 0 Å². The summed E-state index contributed by atoms with van der Waals surface area (Å²) in [5.74, 6) is 0. The van der Waals surface area contributed by atoms with Gasteiger partial charge in [-0.2, -0.15) is 0 Å². The number of hydrogen-bond acceptors (Lipinski definition) is 1. The first-order chi connectivity index (χ1) is 6.20. The molecule has 0 aromatic heterocycles. The van der Waals surface area contributed by atoms with Crippen molar-refractivity contribution in [3.8, 4) is 0 Å². The number of halogens is 2. The Morgan fingerprint density at radius 2 is 1.92 bits per heavy atom. The van der Waals surface area contributed by atoms with Gasteiger partial charge in [0.15, 0.2) is 12.3 Å². The molecule has 3 heteroatoms. The van der Waals surface area contributed by atoms with E-state index in [-0.39, 0.29) is 0 Å². The van der Waals surface area contributed by atoms with E-state index in [0.717, 1.165) is 0 Å². The first kappa shape index (κ1) is 8.48. The smallest absolute Gasteiger partial charge is 0.160 e. The van der Waals surface area contributed by atoms with Gasteiger partial charge in [0.2, 0.25) is 0 Å². The predicted octanol–water partition coefficient (Wildman–Crippen LogP) is 2.85. The molecule has 1 aromatic carbocycles. The Kier molecular flexibility index (Phi) is 1.94. The number of hydrogen-bond donors (Lipinski definition) is 1. The van der Waals surface area contributed by atoms with Crippen LogP contribution in [0.3, 0.4) is 0 Å². The van der Waals surface area contributed by atoms with Crippen molar-refractivity contribution in [2.45, 2.75) is 25.3 Å². The Morgan fingerprint density at radius 3 is 2.69 bits per heavy atom. The molecule has 0 saturated carbocycles. The van der Waals surface area contributed by atoms with Gasteiger partial charge in [-0.1, -0.05) is 18.2 Å². The largest absolute Gasteiger partial charge is 0.379 e. The van der Waals surface area contributed by atoms with E-state index in [2.05, 4.69) is 5.32 Å². The summed E-state index contributed by atoms with van der Waals surface area (Å²) in [6.45, 7) is 1.65. The fourth-order valence-electron chi connectivity index (χ4n) is 1.62. The van der Waals surface area contributed by atoms with E-state index >= 15 is 0 Å². The van der Waals surface area contributed by atoms with Crippen LogP contribution < -0.4 is 5.32 Å². The second-order valence-corrected chi connectivity index (χ2v) is 3.37. The molecule has 0 spiro atoms. The van der Waals surface area contributed by atoms with Crippen LogP contribution in [0, 0.1) is 0 Å². The summed E-state index contributed by atoms with van der Waals surface area (Å²) in [6.07, 6.45) is -2.94. The highest BCUT2D eigenvalue weighted by Crippen LogP contribution is 2.36. The van der Waals surface area contributed by atoms with Crippen molar-refractivity contribution in [1.29, 1.82) is 0 Å². The summed E-state index contributed by atoms with van der Waals surface area (Å²) in [5, 5.41) is 2.92. The maximum absolute atomic E-state index is 13.4. The summed E-state index contributed by atoms with van der Waals surface area (Å²) >= 11 is 0. The van der Waals surface area contributed by atoms with E-state index in [9.17, 15) is 8.78 Å². The number of rotatable bonds is 0. The van der Waals surface area contributed by atoms with Gasteiger partial charge in [0, 0.05) is 11.3 Å². The Hall–Kier alpha value is -1.12. The molecule has 1 N–H and O–H groups in total. The lowest BCUT2D eigenvalue weighted by Crippen LogP contribution is -2.35. The molecule has 1 aliphatic rings. The first-order valence-corrected chi connectivity index (χ1v) is 4.34. The van der Waals surface area contributed by atoms with E-state index in [1.54, 1.807) is 25.1 Å². The van der Waals surface area contributed by atoms with Gasteiger partial charge in [-0.15, -0.1) is 0 Å². The van der Waals surface area contributed by atoms with Crippen molar-refractivity contribution in [3.05, 3.63) is 29.8 Å². The molecule has 70 valence electrons. The molecule has 0 bridgehead atoms. The van der Waals surface area contributed by atoms with Gasteiger partial charge in [0.1, 0.15) is 0 Å². The molecule has 0 saturated heterocycles. The lowest BCUT2D eigenvalue weighted by atomic mass is 9.95. The number of para-hydroxylation sites is 1. The standard InChI is InChI=1S/C10H11F2N/c1-6-9(11)10(12)7-4-2-3-5-8(7)13-6/h2-6,9-10,13H,1H3. The average Bonchev–Trinajstić information content (AvgIpc) is 2.15. The average molecular weight is 183 g/mol. The molecule has 3 unspecified atom stereocenters. The summed E-state index contributed by atoms with van der Waals surface area (Å²) in [6, 6.07) is 6.46. The molecule has 1 aromatic rings. The Bertz CT molecular complexity index is 314. The molecule has 2 rings (SSSR count). The molecule has 1 aliphatic heterocycles. The molecular weight excluding hydrogens is 172 g/mol. The number of anilines is 1. The van der Waals surface area contributed by atoms with Crippen molar-refractivity contribution in [2.75, 3.05) is 5.32 Å². The highest BCUT2D eigenvalue weighted by Gasteiger charge is 2.34. The first-order valence-electron chi connectivity index (χ1n) is 4.34. The number of alkyl halides is 2. The number of nitrogens with one attached hydrogen (secondary N) is 1. The van der Waals surface area contributed by atoms with Gasteiger partial charge < -0.3 is 5.32 Å². The highest BCUT2D eigenvalue weighted by molar-refractivity contribution is 5.55. The van der Waals surface area contributed by atoms with Crippen LogP contribution in [0.1, 0.15) is 18.7 Å². The van der Waals surface area contributed by atoms with Gasteiger partial charge in [-0.25, -0.2) is 8.78 Å². The van der Waals surface area contributed by atoms with Crippen molar-refractivity contribution < 1.29 is 8.78 Å². The van der Waals surface area contributed by atoms with Gasteiger partial charge in [-0.3, -0.25) is 0 Å². The van der Waals surface area contributed by atoms with Crippen molar-refractivity contribution >= 4 is 5.69 Å². The second-order valence-electron chi connectivity index (χ2n) is 3.37. The van der Waals surface area contributed by atoms with E-state index in [0.29, 0.717) is 11.3 Å². The topological polar surface area (TPSA) is 12.0 Å². The van der Waals surface area contributed by atoms with Crippen molar-refractivity contribution in [3.63, 3.8) is 0 Å². The third-order valence-electron chi connectivity index (χ3n) is 2.40. The van der Waals surface area contributed by atoms with Crippen LogP contribution in [0.15, 0.2) is 24.3 Å². The summed E-state index contributed by atoms with van der Waals surface area (Å²) in [4.78, 5) is 0. The third-order valence-corrected chi connectivity index (χ3v) is 2.40. The zero-order chi connectivity index (χ0) is 9.42. The van der Waals surface area contributed by atoms with Crippen LogP contribution in [-0.4, -0.2) is 12.2 Å². The normalized spacial score (nSPS) is 32.1. The summed E-state index contributed by atoms with van der Waals surface area (Å²) < 4.78 is 26.6. The Morgan fingerprint density at radius 1 is 1.23 bits per heavy atom. The summed E-state index contributed by atoms with van der Waals surface area (Å²) in [7, 11) is 0. The van der Waals surface area contributed by atoms with Crippen LogP contribution in [0.5, 0.6) is 0 Å². The van der Waals surface area contributed by atoms with Crippen LogP contribution in [0.25, 0.3) is 0 Å². The van der Waals surface area contributed by atoms with E-state index in [1.165, 1.54) is 0 Å². The molecule has 3 atom stereocenters. The minimum Gasteiger partial charge on any atom is -0.379 e. The van der Waals surface area contributed by atoms with Gasteiger partial charge >= 0.3 is 0 Å². The van der Waals surface area contributed by atoms with Crippen LogP contribution >= 0.6 is 0 Å². The van der Waals surface area contributed by atoms with Crippen molar-refractivity contribution in [2.24, 2.45) is 0 Å². The van der Waals surface area contributed by atoms with E-state index < -0.39 is 18.4 Å². The van der Waals surface area contributed by atoms with Crippen LogP contribution in [-0.2, 0) is 0 Å². The van der Waals surface area contributed by atoms with Gasteiger partial charge in [-0.05, 0) is 13.0 Å². The number of fused-ring (bicyclic) bond motifs is 1. The van der Waals surface area contributed by atoms with Crippen LogP contribution in [0.4, 0.5) is 14.5 Å². The fraction of sp³-hybridized carbons (Fsp3) is 0.400. The zero-order valence-corrected chi connectivity index (χ0v) is 7.30. The maximum Gasteiger partial charge on any atom is 0.160 e. The quantitative estimate of drug-likeness (QED) is 0.652. The lowest BCUT2D eigenvalue weighted by molar-refractivity contribution is 0.147. The highest BCUT2D eigenvalue weighted by atomic mass is 19.2. The van der Waals surface area contributed by atoms with E-state index in [1.807, 2.05) is 6.07 Å². The molecule has 1 heterocycles. The fourth-order valence-corrected chi connectivity index (χ4v) is 1.62. The van der Waals surface area contributed by atoms with Crippen LogP contribution in [0.2, 0.25) is 0 Å².